The number of hydrogen-bond donors (Lipinski definition) is 1. The number of nitrogens with zero attached hydrogens (tertiary/aromatic N) is 2. The highest BCUT2D eigenvalue weighted by Crippen LogP contribution is 2.28. The predicted octanol–water partition coefficient (Wildman–Crippen LogP) is 5.23. The number of benzene rings is 3. The Labute approximate surface area is 168 Å². The minimum absolute atomic E-state index is 0.00639. The van der Waals surface area contributed by atoms with Gasteiger partial charge in [0.2, 0.25) is 0 Å². The first-order valence-corrected chi connectivity index (χ1v) is 9.43. The molecule has 1 aromatic heterocycles. The average molecular weight is 442 g/mol. The first-order chi connectivity index (χ1) is 13.0. The lowest BCUT2D eigenvalue weighted by Gasteiger charge is -2.14. The fourth-order valence-corrected chi connectivity index (χ4v) is 3.42. The first-order valence-electron chi connectivity index (χ1n) is 8.26. The second-order valence-corrected chi connectivity index (χ2v) is 7.43. The average Bonchev–Trinajstić information content (AvgIpc) is 2.68. The lowest BCUT2D eigenvalue weighted by molar-refractivity contribution is 0.472. The number of halogens is 2. The summed E-state index contributed by atoms with van der Waals surface area (Å²) in [6, 6.07) is 20.0. The third-order valence-corrected chi connectivity index (χ3v) is 5.20. The predicted molar refractivity (Wildman–Crippen MR) is 111 cm³/mol. The molecule has 0 aliphatic heterocycles. The molecule has 134 valence electrons. The molecule has 0 spiro atoms. The van der Waals surface area contributed by atoms with Crippen LogP contribution in [-0.4, -0.2) is 14.7 Å². The Bertz CT molecular complexity index is 1190. The molecule has 6 heteroatoms. The van der Waals surface area contributed by atoms with Crippen LogP contribution in [0.3, 0.4) is 0 Å². The van der Waals surface area contributed by atoms with Crippen molar-refractivity contribution >= 4 is 38.4 Å². The maximum Gasteiger partial charge on any atom is 0.262 e. The number of hydrogen-bond acceptors (Lipinski definition) is 3. The van der Waals surface area contributed by atoms with Crippen molar-refractivity contribution in [2.75, 3.05) is 0 Å². The van der Waals surface area contributed by atoms with Crippen molar-refractivity contribution in [1.82, 2.24) is 9.55 Å². The van der Waals surface area contributed by atoms with Crippen molar-refractivity contribution in [1.29, 1.82) is 0 Å². The van der Waals surface area contributed by atoms with Crippen molar-refractivity contribution < 1.29 is 5.11 Å². The Kier molecular flexibility index (Phi) is 4.72. The molecular weight excluding hydrogens is 428 g/mol. The summed E-state index contributed by atoms with van der Waals surface area (Å²) in [6.07, 6.45) is 0. The Morgan fingerprint density at radius 2 is 1.74 bits per heavy atom. The van der Waals surface area contributed by atoms with Gasteiger partial charge in [-0.05, 0) is 45.8 Å². The normalized spacial score (nSPS) is 11.0. The summed E-state index contributed by atoms with van der Waals surface area (Å²) >= 11 is 9.26. The highest BCUT2D eigenvalue weighted by Gasteiger charge is 2.15. The summed E-state index contributed by atoms with van der Waals surface area (Å²) in [5.74, 6) is 0.576. The quantitative estimate of drug-likeness (QED) is 0.473. The van der Waals surface area contributed by atoms with E-state index in [-0.39, 0.29) is 11.3 Å². The molecule has 0 atom stereocenters. The van der Waals surface area contributed by atoms with E-state index in [1.165, 1.54) is 6.07 Å². The Morgan fingerprint density at radius 3 is 2.44 bits per heavy atom. The molecule has 0 bridgehead atoms. The first kappa shape index (κ1) is 17.8. The van der Waals surface area contributed by atoms with Gasteiger partial charge in [0.25, 0.3) is 5.56 Å². The van der Waals surface area contributed by atoms with Crippen LogP contribution in [0.1, 0.15) is 5.56 Å². The topological polar surface area (TPSA) is 55.1 Å². The summed E-state index contributed by atoms with van der Waals surface area (Å²) in [6.45, 7) is 0.347. The van der Waals surface area contributed by atoms with Gasteiger partial charge in [0.15, 0.2) is 0 Å². The molecule has 0 saturated heterocycles. The highest BCUT2D eigenvalue weighted by atomic mass is 79.9. The lowest BCUT2D eigenvalue weighted by atomic mass is 10.1. The van der Waals surface area contributed by atoms with Gasteiger partial charge in [-0.3, -0.25) is 9.36 Å². The lowest BCUT2D eigenvalue weighted by Crippen LogP contribution is -2.24. The number of phenolic OH excluding ortho intramolecular Hbond substituents is 1. The largest absolute Gasteiger partial charge is 0.507 e. The zero-order chi connectivity index (χ0) is 19.0. The van der Waals surface area contributed by atoms with Gasteiger partial charge in [0, 0.05) is 10.6 Å². The molecule has 1 N–H and O–H groups in total. The van der Waals surface area contributed by atoms with Crippen molar-refractivity contribution in [3.05, 3.63) is 92.1 Å². The number of rotatable bonds is 3. The second kappa shape index (κ2) is 7.18. The molecule has 0 aliphatic carbocycles. The van der Waals surface area contributed by atoms with Crippen LogP contribution in [0.2, 0.25) is 5.02 Å². The Balaban J connectivity index is 1.98. The van der Waals surface area contributed by atoms with Crippen LogP contribution in [0, 0.1) is 0 Å². The van der Waals surface area contributed by atoms with Gasteiger partial charge in [-0.2, -0.15) is 0 Å². The number of fused-ring (bicyclic) bond motifs is 1. The van der Waals surface area contributed by atoms with Crippen LogP contribution in [0.4, 0.5) is 0 Å². The third kappa shape index (κ3) is 3.48. The molecule has 0 fully saturated rings. The SMILES string of the molecule is O=c1c2cc(O)c(Br)cc2nc(-c2ccccc2)n1Cc1ccc(Cl)cc1. The third-order valence-electron chi connectivity index (χ3n) is 4.31. The molecule has 0 aliphatic rings. The van der Waals surface area contributed by atoms with Gasteiger partial charge in [-0.1, -0.05) is 54.1 Å². The molecule has 1 heterocycles. The van der Waals surface area contributed by atoms with E-state index in [1.807, 2.05) is 42.5 Å². The van der Waals surface area contributed by atoms with Crippen LogP contribution in [0.15, 0.2) is 76.0 Å². The summed E-state index contributed by atoms with van der Waals surface area (Å²) in [7, 11) is 0. The van der Waals surface area contributed by atoms with Crippen LogP contribution in [-0.2, 0) is 6.54 Å². The molecule has 0 unspecified atom stereocenters. The maximum absolute atomic E-state index is 13.2. The summed E-state index contributed by atoms with van der Waals surface area (Å²) in [4.78, 5) is 17.9. The van der Waals surface area contributed by atoms with Crippen LogP contribution < -0.4 is 5.56 Å². The smallest absolute Gasteiger partial charge is 0.262 e. The van der Waals surface area contributed by atoms with Gasteiger partial charge < -0.3 is 5.11 Å². The number of aromatic hydroxyl groups is 1. The van der Waals surface area contributed by atoms with Crippen LogP contribution >= 0.6 is 27.5 Å². The molecule has 3 aromatic carbocycles. The monoisotopic (exact) mass is 440 g/mol. The molecule has 0 radical (unpaired) electrons. The van der Waals surface area contributed by atoms with E-state index in [1.54, 1.807) is 22.8 Å². The fraction of sp³-hybridized carbons (Fsp3) is 0.0476. The highest BCUT2D eigenvalue weighted by molar-refractivity contribution is 9.10. The molecule has 0 amide bonds. The maximum atomic E-state index is 13.2. The summed E-state index contributed by atoms with van der Waals surface area (Å²) in [5, 5.41) is 11.0. The molecule has 4 rings (SSSR count). The molecule has 27 heavy (non-hydrogen) atoms. The van der Waals surface area contributed by atoms with E-state index in [2.05, 4.69) is 15.9 Å². The Morgan fingerprint density at radius 1 is 1.04 bits per heavy atom. The minimum atomic E-state index is -0.211. The van der Waals surface area contributed by atoms with Crippen molar-refractivity contribution in [2.24, 2.45) is 0 Å². The van der Waals surface area contributed by atoms with Gasteiger partial charge in [-0.25, -0.2) is 4.98 Å². The summed E-state index contributed by atoms with van der Waals surface area (Å²) in [5.41, 5.74) is 2.09. The van der Waals surface area contributed by atoms with Crippen molar-refractivity contribution in [3.8, 4) is 17.1 Å². The zero-order valence-electron chi connectivity index (χ0n) is 14.1. The number of aromatic nitrogens is 2. The van der Waals surface area contributed by atoms with Gasteiger partial charge in [0.05, 0.1) is 21.9 Å². The van der Waals surface area contributed by atoms with E-state index < -0.39 is 0 Å². The van der Waals surface area contributed by atoms with Gasteiger partial charge >= 0.3 is 0 Å². The van der Waals surface area contributed by atoms with E-state index in [4.69, 9.17) is 16.6 Å². The molecular formula is C21H14BrClN2O2. The summed E-state index contributed by atoms with van der Waals surface area (Å²) < 4.78 is 2.12. The Hall–Kier alpha value is -2.63. The fourth-order valence-electron chi connectivity index (χ4n) is 2.96. The van der Waals surface area contributed by atoms with E-state index >= 15 is 0 Å². The van der Waals surface area contributed by atoms with Crippen LogP contribution in [0.25, 0.3) is 22.3 Å². The zero-order valence-corrected chi connectivity index (χ0v) is 16.4. The van der Waals surface area contributed by atoms with Crippen LogP contribution in [0.5, 0.6) is 5.75 Å². The second-order valence-electron chi connectivity index (χ2n) is 6.14. The van der Waals surface area contributed by atoms with E-state index in [0.29, 0.717) is 32.8 Å². The standard InChI is InChI=1S/C21H14BrClN2O2/c22-17-11-18-16(10-19(17)26)21(27)25(12-13-6-8-15(23)9-7-13)20(24-18)14-4-2-1-3-5-14/h1-11,26H,12H2. The van der Waals surface area contributed by atoms with Gasteiger partial charge in [0.1, 0.15) is 11.6 Å². The molecule has 0 saturated carbocycles. The number of phenols is 1. The van der Waals surface area contributed by atoms with Crippen molar-refractivity contribution in [3.63, 3.8) is 0 Å². The minimum Gasteiger partial charge on any atom is -0.507 e. The van der Waals surface area contributed by atoms with Crippen molar-refractivity contribution in [2.45, 2.75) is 6.54 Å². The molecule has 4 nitrogen and oxygen atoms in total. The van der Waals surface area contributed by atoms with E-state index in [9.17, 15) is 9.90 Å². The van der Waals surface area contributed by atoms with E-state index in [0.717, 1.165) is 11.1 Å². The van der Waals surface area contributed by atoms with Gasteiger partial charge in [-0.15, -0.1) is 0 Å². The molecule has 4 aromatic rings.